The number of hydrogen-bond donors (Lipinski definition) is 1. The van der Waals surface area contributed by atoms with E-state index in [2.05, 4.69) is 42.3 Å². The summed E-state index contributed by atoms with van der Waals surface area (Å²) in [4.78, 5) is 4.67. The van der Waals surface area contributed by atoms with Crippen LogP contribution in [0.25, 0.3) is 0 Å². The second kappa shape index (κ2) is 6.21. The van der Waals surface area contributed by atoms with Gasteiger partial charge in [-0.3, -0.25) is 5.32 Å². The first kappa shape index (κ1) is 14.8. The summed E-state index contributed by atoms with van der Waals surface area (Å²) >= 11 is 0. The zero-order valence-electron chi connectivity index (χ0n) is 12.7. The van der Waals surface area contributed by atoms with E-state index in [9.17, 15) is 5.26 Å². The minimum atomic E-state index is -0.254. The van der Waals surface area contributed by atoms with Crippen molar-refractivity contribution in [2.45, 2.75) is 56.1 Å². The van der Waals surface area contributed by atoms with Gasteiger partial charge in [-0.1, -0.05) is 0 Å². The predicted molar refractivity (Wildman–Crippen MR) is 77.9 cm³/mol. The van der Waals surface area contributed by atoms with Crippen molar-refractivity contribution >= 4 is 0 Å². The molecule has 0 heterocycles. The number of nitriles is 1. The second-order valence-corrected chi connectivity index (χ2v) is 6.65. The molecule has 0 bridgehead atoms. The minimum Gasteiger partial charge on any atom is -0.308 e. The molecule has 2 unspecified atom stereocenters. The van der Waals surface area contributed by atoms with Crippen LogP contribution in [0.1, 0.15) is 38.5 Å². The smallest absolute Gasteiger partial charge is 0.108 e. The lowest BCUT2D eigenvalue weighted by Gasteiger charge is -2.40. The maximum absolute atomic E-state index is 9.60. The number of nitrogens with one attached hydrogen (secondary N) is 1. The molecule has 0 aromatic carbocycles. The second-order valence-electron chi connectivity index (χ2n) is 6.65. The van der Waals surface area contributed by atoms with E-state index in [1.165, 1.54) is 25.7 Å². The molecular formula is C15H28N4. The van der Waals surface area contributed by atoms with E-state index < -0.39 is 0 Å². The van der Waals surface area contributed by atoms with Gasteiger partial charge in [0.05, 0.1) is 6.07 Å². The Bertz CT molecular complexity index is 332. The Kier molecular flexibility index (Phi) is 4.83. The van der Waals surface area contributed by atoms with Gasteiger partial charge < -0.3 is 9.80 Å². The molecule has 2 saturated carbocycles. The van der Waals surface area contributed by atoms with Crippen molar-refractivity contribution in [1.82, 2.24) is 15.1 Å². The van der Waals surface area contributed by atoms with Gasteiger partial charge in [0.2, 0.25) is 0 Å². The summed E-state index contributed by atoms with van der Waals surface area (Å²) < 4.78 is 0. The van der Waals surface area contributed by atoms with E-state index in [-0.39, 0.29) is 5.54 Å². The molecular weight excluding hydrogens is 236 g/mol. The van der Waals surface area contributed by atoms with Gasteiger partial charge in [0.25, 0.3) is 0 Å². The molecule has 1 N–H and O–H groups in total. The van der Waals surface area contributed by atoms with E-state index in [0.29, 0.717) is 12.1 Å². The summed E-state index contributed by atoms with van der Waals surface area (Å²) in [5, 5.41) is 13.2. The number of rotatable bonds is 6. The van der Waals surface area contributed by atoms with E-state index in [1.54, 1.807) is 0 Å². The summed E-state index contributed by atoms with van der Waals surface area (Å²) in [6, 6.07) is 3.76. The third kappa shape index (κ3) is 4.17. The standard InChI is InChI=1S/C15H28N4/c1-18(2)9-10-19(3)14-5-4-8-15(11-14,12-16)17-13-6-7-13/h13-14,17H,4-11H2,1-3H3. The minimum absolute atomic E-state index is 0.254. The average Bonchev–Trinajstić information content (AvgIpc) is 3.20. The van der Waals surface area contributed by atoms with Crippen LogP contribution in [0.2, 0.25) is 0 Å². The number of likely N-dealkylation sites (N-methyl/N-ethyl adjacent to an activating group) is 2. The van der Waals surface area contributed by atoms with Crippen LogP contribution in [0.3, 0.4) is 0 Å². The summed E-state index contributed by atoms with van der Waals surface area (Å²) in [5.41, 5.74) is -0.254. The van der Waals surface area contributed by atoms with Gasteiger partial charge in [-0.15, -0.1) is 0 Å². The molecule has 2 rings (SSSR count). The molecule has 0 aromatic heterocycles. The van der Waals surface area contributed by atoms with Crippen molar-refractivity contribution in [1.29, 1.82) is 5.26 Å². The lowest BCUT2D eigenvalue weighted by molar-refractivity contribution is 0.135. The van der Waals surface area contributed by atoms with Crippen LogP contribution in [0.4, 0.5) is 0 Å². The van der Waals surface area contributed by atoms with Crippen molar-refractivity contribution in [3.05, 3.63) is 0 Å². The molecule has 0 radical (unpaired) electrons. The number of hydrogen-bond acceptors (Lipinski definition) is 4. The molecule has 19 heavy (non-hydrogen) atoms. The highest BCUT2D eigenvalue weighted by molar-refractivity contribution is 5.13. The molecule has 2 fully saturated rings. The maximum Gasteiger partial charge on any atom is 0.108 e. The largest absolute Gasteiger partial charge is 0.308 e. The molecule has 0 saturated heterocycles. The lowest BCUT2D eigenvalue weighted by Crippen LogP contribution is -2.53. The average molecular weight is 264 g/mol. The van der Waals surface area contributed by atoms with Gasteiger partial charge in [0.1, 0.15) is 5.54 Å². The molecule has 0 aromatic rings. The van der Waals surface area contributed by atoms with Gasteiger partial charge in [0.15, 0.2) is 0 Å². The van der Waals surface area contributed by atoms with Crippen LogP contribution < -0.4 is 5.32 Å². The molecule has 4 heteroatoms. The highest BCUT2D eigenvalue weighted by atomic mass is 15.2. The van der Waals surface area contributed by atoms with Crippen LogP contribution in [-0.4, -0.2) is 61.7 Å². The van der Waals surface area contributed by atoms with Crippen molar-refractivity contribution < 1.29 is 0 Å². The highest BCUT2D eigenvalue weighted by Crippen LogP contribution is 2.34. The van der Waals surface area contributed by atoms with E-state index >= 15 is 0 Å². The van der Waals surface area contributed by atoms with Crippen LogP contribution in [0, 0.1) is 11.3 Å². The fraction of sp³-hybridized carbons (Fsp3) is 0.933. The van der Waals surface area contributed by atoms with Gasteiger partial charge in [-0.25, -0.2) is 0 Å². The summed E-state index contributed by atoms with van der Waals surface area (Å²) in [7, 11) is 6.44. The highest BCUT2D eigenvalue weighted by Gasteiger charge is 2.41. The molecule has 2 aliphatic rings. The Morgan fingerprint density at radius 3 is 2.53 bits per heavy atom. The Balaban J connectivity index is 1.89. The summed E-state index contributed by atoms with van der Waals surface area (Å²) in [5.74, 6) is 0. The van der Waals surface area contributed by atoms with Crippen molar-refractivity contribution in [2.24, 2.45) is 0 Å². The fourth-order valence-corrected chi connectivity index (χ4v) is 3.05. The zero-order chi connectivity index (χ0) is 13.9. The SMILES string of the molecule is CN(C)CCN(C)C1CCCC(C#N)(NC2CC2)C1. The Labute approximate surface area is 117 Å². The first-order valence-corrected chi connectivity index (χ1v) is 7.58. The summed E-state index contributed by atoms with van der Waals surface area (Å²) in [6.07, 6.45) is 6.93. The van der Waals surface area contributed by atoms with Crippen molar-refractivity contribution in [2.75, 3.05) is 34.2 Å². The topological polar surface area (TPSA) is 42.3 Å². The number of nitrogens with zero attached hydrogens (tertiary/aromatic N) is 3. The molecule has 0 spiro atoms. The van der Waals surface area contributed by atoms with Crippen LogP contribution in [0.15, 0.2) is 0 Å². The van der Waals surface area contributed by atoms with Gasteiger partial charge in [-0.05, 0) is 59.7 Å². The summed E-state index contributed by atoms with van der Waals surface area (Å²) in [6.45, 7) is 2.17. The normalized spacial score (nSPS) is 31.7. The van der Waals surface area contributed by atoms with Crippen molar-refractivity contribution in [3.63, 3.8) is 0 Å². The third-order valence-corrected chi connectivity index (χ3v) is 4.52. The quantitative estimate of drug-likeness (QED) is 0.788. The third-order valence-electron chi connectivity index (χ3n) is 4.52. The predicted octanol–water partition coefficient (Wildman–Crippen LogP) is 1.44. The molecule has 108 valence electrons. The zero-order valence-corrected chi connectivity index (χ0v) is 12.7. The maximum atomic E-state index is 9.60. The fourth-order valence-electron chi connectivity index (χ4n) is 3.05. The monoisotopic (exact) mass is 264 g/mol. The van der Waals surface area contributed by atoms with Crippen molar-refractivity contribution in [3.8, 4) is 6.07 Å². The van der Waals surface area contributed by atoms with Crippen LogP contribution in [-0.2, 0) is 0 Å². The van der Waals surface area contributed by atoms with Gasteiger partial charge >= 0.3 is 0 Å². The van der Waals surface area contributed by atoms with E-state index in [4.69, 9.17) is 0 Å². The van der Waals surface area contributed by atoms with Gasteiger partial charge in [0, 0.05) is 25.2 Å². The Morgan fingerprint density at radius 2 is 1.95 bits per heavy atom. The van der Waals surface area contributed by atoms with Gasteiger partial charge in [-0.2, -0.15) is 5.26 Å². The molecule has 0 aliphatic heterocycles. The van der Waals surface area contributed by atoms with Crippen LogP contribution in [0.5, 0.6) is 0 Å². The first-order valence-electron chi connectivity index (χ1n) is 7.58. The Morgan fingerprint density at radius 1 is 1.21 bits per heavy atom. The Hall–Kier alpha value is -0.630. The van der Waals surface area contributed by atoms with Crippen LogP contribution >= 0.6 is 0 Å². The van der Waals surface area contributed by atoms with E-state index in [0.717, 1.165) is 25.9 Å². The molecule has 2 aliphatic carbocycles. The molecule has 2 atom stereocenters. The van der Waals surface area contributed by atoms with E-state index in [1.807, 2.05) is 0 Å². The molecule has 0 amide bonds. The molecule has 4 nitrogen and oxygen atoms in total. The lowest BCUT2D eigenvalue weighted by atomic mass is 9.79. The first-order chi connectivity index (χ1) is 9.04.